The molecule has 21 heavy (non-hydrogen) atoms. The number of ketones is 1. The number of amides is 1. The molecule has 116 valence electrons. The molecule has 0 saturated carbocycles. The highest BCUT2D eigenvalue weighted by Gasteiger charge is 2.27. The minimum Gasteiger partial charge on any atom is -0.456 e. The molecular formula is C12H12F3NO4S. The number of halogens is 3. The Morgan fingerprint density at radius 2 is 1.95 bits per heavy atom. The molecule has 0 aliphatic heterocycles. The minimum atomic E-state index is -4.52. The lowest BCUT2D eigenvalue weighted by Crippen LogP contribution is -2.36. The van der Waals surface area contributed by atoms with E-state index < -0.39 is 31.2 Å². The molecule has 0 saturated heterocycles. The third kappa shape index (κ3) is 7.45. The summed E-state index contributed by atoms with van der Waals surface area (Å²) in [7, 11) is 0. The molecule has 0 atom stereocenters. The first-order chi connectivity index (χ1) is 9.78. The highest BCUT2D eigenvalue weighted by molar-refractivity contribution is 7.12. The molecule has 0 radical (unpaired) electrons. The summed E-state index contributed by atoms with van der Waals surface area (Å²) in [5, 5.41) is 3.28. The van der Waals surface area contributed by atoms with Crippen molar-refractivity contribution in [1.82, 2.24) is 5.32 Å². The van der Waals surface area contributed by atoms with Crippen LogP contribution in [0.25, 0.3) is 0 Å². The molecule has 1 aromatic heterocycles. The molecule has 1 aromatic rings. The Morgan fingerprint density at radius 1 is 1.24 bits per heavy atom. The van der Waals surface area contributed by atoms with E-state index >= 15 is 0 Å². The second-order valence-electron chi connectivity index (χ2n) is 3.95. The molecule has 0 bridgehead atoms. The van der Waals surface area contributed by atoms with Gasteiger partial charge in [-0.1, -0.05) is 6.07 Å². The second-order valence-corrected chi connectivity index (χ2v) is 4.90. The topological polar surface area (TPSA) is 72.5 Å². The molecule has 1 amide bonds. The van der Waals surface area contributed by atoms with E-state index in [1.54, 1.807) is 22.8 Å². The molecule has 0 aliphatic rings. The van der Waals surface area contributed by atoms with E-state index in [2.05, 4.69) is 4.74 Å². The van der Waals surface area contributed by atoms with Crippen molar-refractivity contribution in [1.29, 1.82) is 0 Å². The standard InChI is InChI=1S/C12H12F3NO4S/c13-12(14,15)7-16-10(18)6-20-11(19)4-3-8(17)9-2-1-5-21-9/h1-2,5H,3-4,6-7H2,(H,16,18). The summed E-state index contributed by atoms with van der Waals surface area (Å²) in [5.41, 5.74) is 0. The summed E-state index contributed by atoms with van der Waals surface area (Å²) >= 11 is 1.24. The highest BCUT2D eigenvalue weighted by atomic mass is 32.1. The molecule has 1 N–H and O–H groups in total. The predicted molar refractivity (Wildman–Crippen MR) is 67.9 cm³/mol. The normalized spacial score (nSPS) is 11.0. The quantitative estimate of drug-likeness (QED) is 0.615. The predicted octanol–water partition coefficient (Wildman–Crippen LogP) is 1.93. The maximum atomic E-state index is 11.8. The van der Waals surface area contributed by atoms with Crippen LogP contribution in [0, 0.1) is 0 Å². The van der Waals surface area contributed by atoms with Gasteiger partial charge in [-0.3, -0.25) is 14.4 Å². The van der Waals surface area contributed by atoms with E-state index in [0.29, 0.717) is 4.88 Å². The minimum absolute atomic E-state index is 0.0798. The molecule has 1 heterocycles. The van der Waals surface area contributed by atoms with E-state index in [1.165, 1.54) is 11.3 Å². The maximum absolute atomic E-state index is 11.8. The van der Waals surface area contributed by atoms with Crippen LogP contribution in [-0.2, 0) is 14.3 Å². The summed E-state index contributed by atoms with van der Waals surface area (Å²) in [5.74, 6) is -2.10. The zero-order valence-corrected chi connectivity index (χ0v) is 11.6. The van der Waals surface area contributed by atoms with Gasteiger partial charge in [0.05, 0.1) is 11.3 Å². The van der Waals surface area contributed by atoms with Crippen molar-refractivity contribution in [3.05, 3.63) is 22.4 Å². The van der Waals surface area contributed by atoms with E-state index in [0.717, 1.165) is 0 Å². The number of hydrogen-bond donors (Lipinski definition) is 1. The van der Waals surface area contributed by atoms with Gasteiger partial charge in [0.1, 0.15) is 6.54 Å². The van der Waals surface area contributed by atoms with Gasteiger partial charge in [0.15, 0.2) is 12.4 Å². The smallest absolute Gasteiger partial charge is 0.405 e. The van der Waals surface area contributed by atoms with Crippen LogP contribution >= 0.6 is 11.3 Å². The molecule has 0 spiro atoms. The zero-order chi connectivity index (χ0) is 15.9. The van der Waals surface area contributed by atoms with E-state index in [-0.39, 0.29) is 18.6 Å². The lowest BCUT2D eigenvalue weighted by atomic mass is 10.2. The fourth-order valence-electron chi connectivity index (χ4n) is 1.24. The number of hydrogen-bond acceptors (Lipinski definition) is 5. The fourth-order valence-corrected chi connectivity index (χ4v) is 1.94. The highest BCUT2D eigenvalue weighted by Crippen LogP contribution is 2.13. The van der Waals surface area contributed by atoms with E-state index in [1.807, 2.05) is 0 Å². The molecule has 0 aromatic carbocycles. The average molecular weight is 323 g/mol. The molecule has 0 aliphatic carbocycles. The number of thiophene rings is 1. The van der Waals surface area contributed by atoms with Crippen LogP contribution in [0.1, 0.15) is 22.5 Å². The van der Waals surface area contributed by atoms with Gasteiger partial charge < -0.3 is 10.1 Å². The van der Waals surface area contributed by atoms with E-state index in [9.17, 15) is 27.6 Å². The summed E-state index contributed by atoms with van der Waals surface area (Å²) in [6.45, 7) is -2.29. The first-order valence-corrected chi connectivity index (χ1v) is 6.71. The Labute approximate surface area is 122 Å². The molecule has 1 rings (SSSR count). The fraction of sp³-hybridized carbons (Fsp3) is 0.417. The lowest BCUT2D eigenvalue weighted by Gasteiger charge is -2.08. The van der Waals surface area contributed by atoms with Crippen LogP contribution in [0.5, 0.6) is 0 Å². The van der Waals surface area contributed by atoms with Crippen molar-refractivity contribution in [3.8, 4) is 0 Å². The van der Waals surface area contributed by atoms with Crippen molar-refractivity contribution < 1.29 is 32.3 Å². The van der Waals surface area contributed by atoms with Crippen molar-refractivity contribution in [2.24, 2.45) is 0 Å². The van der Waals surface area contributed by atoms with Gasteiger partial charge in [0, 0.05) is 6.42 Å². The van der Waals surface area contributed by atoms with Crippen LogP contribution in [0.15, 0.2) is 17.5 Å². The third-order valence-corrected chi connectivity index (χ3v) is 3.11. The first-order valence-electron chi connectivity index (χ1n) is 5.84. The van der Waals surface area contributed by atoms with Crippen LogP contribution in [-0.4, -0.2) is 37.0 Å². The molecule has 0 fully saturated rings. The van der Waals surface area contributed by atoms with Crippen LogP contribution in [0.4, 0.5) is 13.2 Å². The number of alkyl halides is 3. The van der Waals surface area contributed by atoms with Crippen molar-refractivity contribution in [3.63, 3.8) is 0 Å². The average Bonchev–Trinajstić information content (AvgIpc) is 2.93. The summed E-state index contributed by atoms with van der Waals surface area (Å²) in [6, 6.07) is 3.31. The first kappa shape index (κ1) is 17.2. The van der Waals surface area contributed by atoms with Crippen molar-refractivity contribution >= 4 is 29.0 Å². The molecular weight excluding hydrogens is 311 g/mol. The number of nitrogens with one attached hydrogen (secondary N) is 1. The number of rotatable bonds is 7. The van der Waals surface area contributed by atoms with Crippen molar-refractivity contribution in [2.75, 3.05) is 13.2 Å². The Bertz CT molecular complexity index is 499. The van der Waals surface area contributed by atoms with Crippen molar-refractivity contribution in [2.45, 2.75) is 19.0 Å². The summed E-state index contributed by atoms with van der Waals surface area (Å²) in [4.78, 5) is 34.3. The van der Waals surface area contributed by atoms with Gasteiger partial charge in [-0.15, -0.1) is 11.3 Å². The van der Waals surface area contributed by atoms with Gasteiger partial charge in [0.25, 0.3) is 5.91 Å². The Morgan fingerprint density at radius 3 is 2.52 bits per heavy atom. The number of carbonyl (C=O) groups excluding carboxylic acids is 3. The third-order valence-electron chi connectivity index (χ3n) is 2.20. The van der Waals surface area contributed by atoms with Crippen LogP contribution in [0.3, 0.4) is 0 Å². The largest absolute Gasteiger partial charge is 0.456 e. The Kier molecular flexibility index (Phi) is 6.35. The monoisotopic (exact) mass is 323 g/mol. The molecule has 9 heteroatoms. The van der Waals surface area contributed by atoms with Crippen LogP contribution < -0.4 is 5.32 Å². The SMILES string of the molecule is O=C(COC(=O)CCC(=O)c1cccs1)NCC(F)(F)F. The number of ether oxygens (including phenoxy) is 1. The Hall–Kier alpha value is -1.90. The summed E-state index contributed by atoms with van der Waals surface area (Å²) in [6.07, 6.45) is -4.83. The number of carbonyl (C=O) groups is 3. The van der Waals surface area contributed by atoms with Gasteiger partial charge in [-0.2, -0.15) is 13.2 Å². The molecule has 0 unspecified atom stereocenters. The van der Waals surface area contributed by atoms with Crippen LogP contribution in [0.2, 0.25) is 0 Å². The zero-order valence-electron chi connectivity index (χ0n) is 10.7. The molecule has 5 nitrogen and oxygen atoms in total. The van der Waals surface area contributed by atoms with Gasteiger partial charge in [0.2, 0.25) is 0 Å². The maximum Gasteiger partial charge on any atom is 0.405 e. The number of Topliss-reactive ketones (excluding diaryl/α,β-unsaturated/α-hetero) is 1. The van der Waals surface area contributed by atoms with Gasteiger partial charge in [-0.25, -0.2) is 0 Å². The Balaban J connectivity index is 2.19. The summed E-state index contributed by atoms with van der Waals surface area (Å²) < 4.78 is 39.9. The van der Waals surface area contributed by atoms with Gasteiger partial charge >= 0.3 is 12.1 Å². The second kappa shape index (κ2) is 7.77. The van der Waals surface area contributed by atoms with Gasteiger partial charge in [-0.05, 0) is 11.4 Å². The van der Waals surface area contributed by atoms with E-state index in [4.69, 9.17) is 0 Å². The lowest BCUT2D eigenvalue weighted by molar-refractivity contribution is -0.151. The number of esters is 1.